The topological polar surface area (TPSA) is 91.4 Å². The van der Waals surface area contributed by atoms with Crippen molar-refractivity contribution in [2.24, 2.45) is 23.7 Å². The standard InChI is InChI=1S/C48H87NO7/c1-5-7-9-11-15-21-27-39-35-41(39)29-23-17-13-19-25-31-46(51)55-44-38-53-43(37-54-45(50)33-34-49(3)4)48(44)56-47(52)32-26-20-14-18-24-30-42-36-40(42)28-22-16-12-10-8-6-2/h39-44,48H,5-38H2,1-4H3/t39?,40?,41?,42?,43-,44+,48+/m1/s1. The second kappa shape index (κ2) is 30.4. The summed E-state index contributed by atoms with van der Waals surface area (Å²) in [7, 11) is 3.81. The lowest BCUT2D eigenvalue weighted by atomic mass is 10.0. The van der Waals surface area contributed by atoms with Gasteiger partial charge in [0.05, 0.1) is 13.0 Å². The largest absolute Gasteiger partial charge is 0.463 e. The summed E-state index contributed by atoms with van der Waals surface area (Å²) in [6, 6.07) is 0. The molecular formula is C48H87NO7. The van der Waals surface area contributed by atoms with Crippen LogP contribution in [0.25, 0.3) is 0 Å². The van der Waals surface area contributed by atoms with E-state index in [9.17, 15) is 14.4 Å². The van der Waals surface area contributed by atoms with Crippen LogP contribution in [0.5, 0.6) is 0 Å². The van der Waals surface area contributed by atoms with Gasteiger partial charge in [-0.2, -0.15) is 0 Å². The maximum atomic E-state index is 13.0. The lowest BCUT2D eigenvalue weighted by Crippen LogP contribution is -2.40. The van der Waals surface area contributed by atoms with E-state index in [1.165, 1.54) is 141 Å². The first-order chi connectivity index (χ1) is 27.3. The lowest BCUT2D eigenvalue weighted by Gasteiger charge is -2.23. The molecule has 1 aliphatic heterocycles. The second-order valence-electron chi connectivity index (χ2n) is 18.3. The van der Waals surface area contributed by atoms with Crippen LogP contribution < -0.4 is 0 Å². The monoisotopic (exact) mass is 790 g/mol. The Balaban J connectivity index is 1.25. The summed E-state index contributed by atoms with van der Waals surface area (Å²) in [5, 5.41) is 0. The molecule has 0 aromatic carbocycles. The van der Waals surface area contributed by atoms with E-state index in [0.717, 1.165) is 62.2 Å². The Hall–Kier alpha value is -1.67. The van der Waals surface area contributed by atoms with Crippen molar-refractivity contribution in [2.45, 2.75) is 231 Å². The predicted molar refractivity (Wildman–Crippen MR) is 227 cm³/mol. The minimum Gasteiger partial charge on any atom is -0.463 e. The van der Waals surface area contributed by atoms with E-state index in [2.05, 4.69) is 13.8 Å². The minimum atomic E-state index is -0.775. The second-order valence-corrected chi connectivity index (χ2v) is 18.3. The fourth-order valence-corrected chi connectivity index (χ4v) is 8.86. The number of esters is 3. The van der Waals surface area contributed by atoms with Gasteiger partial charge in [-0.1, -0.05) is 168 Å². The zero-order chi connectivity index (χ0) is 40.2. The molecular weight excluding hydrogens is 703 g/mol. The molecule has 0 spiro atoms. The molecule has 0 bridgehead atoms. The first-order valence-electron chi connectivity index (χ1n) is 24.1. The highest BCUT2D eigenvalue weighted by Crippen LogP contribution is 2.46. The Labute approximate surface area is 344 Å². The van der Waals surface area contributed by atoms with E-state index in [1.54, 1.807) is 0 Å². The van der Waals surface area contributed by atoms with Crippen molar-refractivity contribution < 1.29 is 33.3 Å². The molecule has 8 heteroatoms. The van der Waals surface area contributed by atoms with Gasteiger partial charge in [-0.05, 0) is 63.5 Å². The van der Waals surface area contributed by atoms with Gasteiger partial charge in [0.15, 0.2) is 12.2 Å². The van der Waals surface area contributed by atoms with E-state index in [-0.39, 0.29) is 37.5 Å². The molecule has 1 saturated heterocycles. The van der Waals surface area contributed by atoms with Crippen LogP contribution >= 0.6 is 0 Å². The van der Waals surface area contributed by atoms with Crippen LogP contribution in [-0.4, -0.2) is 75.0 Å². The van der Waals surface area contributed by atoms with Gasteiger partial charge in [0, 0.05) is 19.4 Å². The van der Waals surface area contributed by atoms with Gasteiger partial charge in [-0.3, -0.25) is 14.4 Å². The maximum absolute atomic E-state index is 13.0. The average Bonchev–Trinajstić information content (AvgIpc) is 4.09. The minimum absolute atomic E-state index is 0.0281. The number of unbranched alkanes of at least 4 members (excludes halogenated alkanes) is 18. The van der Waals surface area contributed by atoms with Crippen molar-refractivity contribution in [3.8, 4) is 0 Å². The average molecular weight is 790 g/mol. The van der Waals surface area contributed by atoms with Crippen molar-refractivity contribution in [3.05, 3.63) is 0 Å². The van der Waals surface area contributed by atoms with E-state index < -0.39 is 18.3 Å². The quantitative estimate of drug-likeness (QED) is 0.0349. The molecule has 326 valence electrons. The molecule has 3 rings (SSSR count). The Kier molecular flexibility index (Phi) is 26.4. The lowest BCUT2D eigenvalue weighted by molar-refractivity contribution is -0.168. The van der Waals surface area contributed by atoms with Crippen LogP contribution in [0.2, 0.25) is 0 Å². The molecule has 2 saturated carbocycles. The zero-order valence-electron chi connectivity index (χ0n) is 36.9. The number of nitrogens with zero attached hydrogens (tertiary/aromatic N) is 1. The first kappa shape index (κ1) is 48.7. The highest BCUT2D eigenvalue weighted by atomic mass is 16.6. The van der Waals surface area contributed by atoms with E-state index >= 15 is 0 Å². The SMILES string of the molecule is CCCCCCCCC1CC1CCCCCCCC(=O)O[C@@H]1[C@@H](OC(=O)CCCCCCCC2CC2CCCCCCCC)CO[C@@H]1COC(=O)CCN(C)C. The molecule has 0 N–H and O–H groups in total. The number of hydrogen-bond acceptors (Lipinski definition) is 8. The Bertz CT molecular complexity index is 1030. The molecule has 56 heavy (non-hydrogen) atoms. The summed E-state index contributed by atoms with van der Waals surface area (Å²) in [5.41, 5.74) is 0. The molecule has 0 aromatic rings. The van der Waals surface area contributed by atoms with Crippen molar-refractivity contribution in [1.29, 1.82) is 0 Å². The van der Waals surface area contributed by atoms with Crippen LogP contribution in [0.1, 0.15) is 213 Å². The third-order valence-corrected chi connectivity index (χ3v) is 12.8. The molecule has 0 amide bonds. The Morgan fingerprint density at radius 2 is 0.929 bits per heavy atom. The summed E-state index contributed by atoms with van der Waals surface area (Å²) in [6.07, 6.45) is 35.0. The maximum Gasteiger partial charge on any atom is 0.307 e. The third-order valence-electron chi connectivity index (χ3n) is 12.8. The molecule has 4 unspecified atom stereocenters. The van der Waals surface area contributed by atoms with Gasteiger partial charge in [-0.25, -0.2) is 0 Å². The number of carbonyl (C=O) groups excluding carboxylic acids is 3. The molecule has 1 heterocycles. The van der Waals surface area contributed by atoms with Crippen molar-refractivity contribution in [1.82, 2.24) is 4.90 Å². The Morgan fingerprint density at radius 1 is 0.518 bits per heavy atom. The fourth-order valence-electron chi connectivity index (χ4n) is 8.86. The van der Waals surface area contributed by atoms with Crippen LogP contribution in [0.4, 0.5) is 0 Å². The number of ether oxygens (including phenoxy) is 4. The third kappa shape index (κ3) is 23.1. The van der Waals surface area contributed by atoms with Crippen LogP contribution in [0, 0.1) is 23.7 Å². The van der Waals surface area contributed by atoms with Gasteiger partial charge < -0.3 is 23.8 Å². The summed E-state index contributed by atoms with van der Waals surface area (Å²) in [6.45, 7) is 5.25. The van der Waals surface area contributed by atoms with Crippen LogP contribution in [0.15, 0.2) is 0 Å². The predicted octanol–water partition coefficient (Wildman–Crippen LogP) is 11.9. The highest BCUT2D eigenvalue weighted by molar-refractivity contribution is 5.71. The van der Waals surface area contributed by atoms with Gasteiger partial charge in [-0.15, -0.1) is 0 Å². The van der Waals surface area contributed by atoms with Crippen LogP contribution in [0.3, 0.4) is 0 Å². The summed E-state index contributed by atoms with van der Waals surface area (Å²) < 4.78 is 23.1. The van der Waals surface area contributed by atoms with Crippen LogP contribution in [-0.2, 0) is 33.3 Å². The molecule has 8 nitrogen and oxygen atoms in total. The smallest absolute Gasteiger partial charge is 0.307 e. The number of hydrogen-bond donors (Lipinski definition) is 0. The number of rotatable bonds is 37. The summed E-state index contributed by atoms with van der Waals surface area (Å²) >= 11 is 0. The summed E-state index contributed by atoms with van der Waals surface area (Å²) in [4.78, 5) is 40.1. The van der Waals surface area contributed by atoms with Gasteiger partial charge in [0.1, 0.15) is 12.7 Å². The molecule has 7 atom stereocenters. The van der Waals surface area contributed by atoms with E-state index in [1.807, 2.05) is 19.0 Å². The van der Waals surface area contributed by atoms with Crippen molar-refractivity contribution in [2.75, 3.05) is 33.9 Å². The van der Waals surface area contributed by atoms with E-state index in [4.69, 9.17) is 18.9 Å². The van der Waals surface area contributed by atoms with E-state index in [0.29, 0.717) is 19.4 Å². The molecule has 0 radical (unpaired) electrons. The fraction of sp³-hybridized carbons (Fsp3) is 0.938. The zero-order valence-corrected chi connectivity index (χ0v) is 36.9. The van der Waals surface area contributed by atoms with Crippen molar-refractivity contribution in [3.63, 3.8) is 0 Å². The molecule has 0 aromatic heterocycles. The Morgan fingerprint density at radius 3 is 1.38 bits per heavy atom. The summed E-state index contributed by atoms with van der Waals surface area (Å²) in [5.74, 6) is 3.01. The van der Waals surface area contributed by atoms with Crippen molar-refractivity contribution >= 4 is 17.9 Å². The molecule has 3 fully saturated rings. The van der Waals surface area contributed by atoms with Gasteiger partial charge in [0.2, 0.25) is 0 Å². The van der Waals surface area contributed by atoms with Gasteiger partial charge in [0.25, 0.3) is 0 Å². The van der Waals surface area contributed by atoms with Gasteiger partial charge >= 0.3 is 17.9 Å². The number of carbonyl (C=O) groups is 3. The molecule has 3 aliphatic rings. The normalized spacial score (nSPS) is 24.1. The highest BCUT2D eigenvalue weighted by Gasteiger charge is 2.43. The first-order valence-corrected chi connectivity index (χ1v) is 24.1. The molecule has 2 aliphatic carbocycles.